The monoisotopic (exact) mass is 383 g/mol. The normalized spacial score (nSPS) is 12.4. The van der Waals surface area contributed by atoms with E-state index in [0.29, 0.717) is 0 Å². The van der Waals surface area contributed by atoms with Crippen LogP contribution in [0, 0.1) is 0 Å². The standard InChI is InChI=1S/C22H33N5O/c1-19(20-11-4-3-5-12-20)28-18-10-17-27-22(23-2)26-16-9-8-15-25-21-13-6-7-14-24-21/h3-7,11-14,19H,8-10,15-18H2,1-2H3,(H,24,25)(H2,23,26,27). The maximum Gasteiger partial charge on any atom is 0.190 e. The largest absolute Gasteiger partial charge is 0.374 e. The number of ether oxygens (including phenoxy) is 1. The van der Waals surface area contributed by atoms with E-state index in [1.54, 1.807) is 13.2 Å². The molecule has 1 unspecified atom stereocenters. The minimum Gasteiger partial charge on any atom is -0.374 e. The maximum atomic E-state index is 5.89. The highest BCUT2D eigenvalue weighted by Crippen LogP contribution is 2.15. The molecule has 0 bridgehead atoms. The van der Waals surface area contributed by atoms with E-state index in [1.165, 1.54) is 5.56 Å². The molecule has 2 rings (SSSR count). The van der Waals surface area contributed by atoms with Crippen molar-refractivity contribution >= 4 is 11.8 Å². The predicted molar refractivity (Wildman–Crippen MR) is 117 cm³/mol. The van der Waals surface area contributed by atoms with E-state index in [-0.39, 0.29) is 6.10 Å². The Labute approximate surface area is 168 Å². The Morgan fingerprint density at radius 1 is 0.964 bits per heavy atom. The van der Waals surface area contributed by atoms with E-state index in [0.717, 1.165) is 57.3 Å². The van der Waals surface area contributed by atoms with Gasteiger partial charge >= 0.3 is 0 Å². The molecule has 152 valence electrons. The number of pyridine rings is 1. The minimum atomic E-state index is 0.123. The molecule has 0 amide bonds. The summed E-state index contributed by atoms with van der Waals surface area (Å²) in [6, 6.07) is 16.2. The van der Waals surface area contributed by atoms with Crippen molar-refractivity contribution in [1.29, 1.82) is 0 Å². The molecule has 0 fully saturated rings. The van der Waals surface area contributed by atoms with Gasteiger partial charge in [0.2, 0.25) is 0 Å². The van der Waals surface area contributed by atoms with E-state index in [2.05, 4.69) is 45.0 Å². The molecule has 0 aliphatic rings. The molecule has 2 aromatic rings. The average Bonchev–Trinajstić information content (AvgIpc) is 2.75. The SMILES string of the molecule is CN=C(NCCCCNc1ccccn1)NCCCOC(C)c1ccccc1. The predicted octanol–water partition coefficient (Wildman–Crippen LogP) is 3.61. The molecule has 1 aromatic heterocycles. The van der Waals surface area contributed by atoms with E-state index in [9.17, 15) is 0 Å². The first-order valence-electron chi connectivity index (χ1n) is 10.1. The molecule has 0 spiro atoms. The highest BCUT2D eigenvalue weighted by molar-refractivity contribution is 5.79. The number of unbranched alkanes of at least 4 members (excludes halogenated alkanes) is 1. The summed E-state index contributed by atoms with van der Waals surface area (Å²) in [5, 5.41) is 10.00. The number of guanidine groups is 1. The van der Waals surface area contributed by atoms with Crippen LogP contribution >= 0.6 is 0 Å². The highest BCUT2D eigenvalue weighted by atomic mass is 16.5. The maximum absolute atomic E-state index is 5.89. The fourth-order valence-electron chi connectivity index (χ4n) is 2.72. The zero-order valence-corrected chi connectivity index (χ0v) is 17.0. The van der Waals surface area contributed by atoms with Gasteiger partial charge in [-0.1, -0.05) is 36.4 Å². The van der Waals surface area contributed by atoms with Gasteiger partial charge in [0.1, 0.15) is 5.82 Å². The minimum absolute atomic E-state index is 0.123. The number of rotatable bonds is 12. The lowest BCUT2D eigenvalue weighted by atomic mass is 10.1. The van der Waals surface area contributed by atoms with E-state index in [1.807, 2.05) is 36.4 Å². The van der Waals surface area contributed by atoms with Gasteiger partial charge in [-0.05, 0) is 43.9 Å². The first kappa shape index (κ1) is 21.7. The molecule has 0 saturated carbocycles. The van der Waals surface area contributed by atoms with Crippen molar-refractivity contribution in [1.82, 2.24) is 15.6 Å². The smallest absolute Gasteiger partial charge is 0.190 e. The number of aliphatic imine (C=N–C) groups is 1. The quantitative estimate of drug-likeness (QED) is 0.297. The second kappa shape index (κ2) is 13.6. The zero-order chi connectivity index (χ0) is 19.9. The lowest BCUT2D eigenvalue weighted by Gasteiger charge is -2.15. The van der Waals surface area contributed by atoms with Crippen LogP contribution in [0.1, 0.15) is 37.9 Å². The molecule has 0 saturated heterocycles. The number of hydrogen-bond acceptors (Lipinski definition) is 4. The Morgan fingerprint density at radius 3 is 2.39 bits per heavy atom. The number of hydrogen-bond donors (Lipinski definition) is 3. The van der Waals surface area contributed by atoms with Crippen LogP contribution in [-0.2, 0) is 4.74 Å². The number of nitrogens with zero attached hydrogens (tertiary/aromatic N) is 2. The van der Waals surface area contributed by atoms with Gasteiger partial charge in [-0.3, -0.25) is 4.99 Å². The molecule has 6 heteroatoms. The van der Waals surface area contributed by atoms with Gasteiger partial charge in [0.05, 0.1) is 6.10 Å². The summed E-state index contributed by atoms with van der Waals surface area (Å²) in [4.78, 5) is 8.51. The summed E-state index contributed by atoms with van der Waals surface area (Å²) in [6.45, 7) is 5.46. The van der Waals surface area contributed by atoms with Crippen molar-refractivity contribution in [2.24, 2.45) is 4.99 Å². The Morgan fingerprint density at radius 2 is 1.68 bits per heavy atom. The third kappa shape index (κ3) is 8.86. The van der Waals surface area contributed by atoms with Gasteiger partial charge in [-0.25, -0.2) is 4.98 Å². The van der Waals surface area contributed by atoms with E-state index in [4.69, 9.17) is 4.74 Å². The van der Waals surface area contributed by atoms with E-state index < -0.39 is 0 Å². The van der Waals surface area contributed by atoms with Crippen LogP contribution in [0.3, 0.4) is 0 Å². The molecule has 1 heterocycles. The van der Waals surface area contributed by atoms with Crippen molar-refractivity contribution < 1.29 is 4.74 Å². The molecule has 0 aliphatic heterocycles. The van der Waals surface area contributed by atoms with Crippen molar-refractivity contribution in [3.8, 4) is 0 Å². The van der Waals surface area contributed by atoms with Crippen molar-refractivity contribution in [3.63, 3.8) is 0 Å². The van der Waals surface area contributed by atoms with Crippen LogP contribution < -0.4 is 16.0 Å². The number of nitrogens with one attached hydrogen (secondary N) is 3. The summed E-state index contributed by atoms with van der Waals surface area (Å²) in [6.07, 6.45) is 5.00. The van der Waals surface area contributed by atoms with Gasteiger partial charge in [0, 0.05) is 39.5 Å². The molecule has 3 N–H and O–H groups in total. The average molecular weight is 384 g/mol. The molecule has 6 nitrogen and oxygen atoms in total. The van der Waals surface area contributed by atoms with Crippen molar-refractivity contribution in [3.05, 3.63) is 60.3 Å². The molecule has 28 heavy (non-hydrogen) atoms. The third-order valence-corrected chi connectivity index (χ3v) is 4.34. The summed E-state index contributed by atoms with van der Waals surface area (Å²) < 4.78 is 5.89. The Balaban J connectivity index is 1.47. The zero-order valence-electron chi connectivity index (χ0n) is 17.0. The van der Waals surface area contributed by atoms with Crippen LogP contribution in [0.4, 0.5) is 5.82 Å². The molecule has 1 atom stereocenters. The Bertz CT molecular complexity index is 663. The number of benzene rings is 1. The van der Waals surface area contributed by atoms with Crippen molar-refractivity contribution in [2.75, 3.05) is 38.6 Å². The Hall–Kier alpha value is -2.60. The van der Waals surface area contributed by atoms with Crippen LogP contribution in [0.15, 0.2) is 59.7 Å². The molecular weight excluding hydrogens is 350 g/mol. The molecule has 0 radical (unpaired) electrons. The van der Waals surface area contributed by atoms with Gasteiger partial charge in [-0.2, -0.15) is 0 Å². The number of anilines is 1. The topological polar surface area (TPSA) is 70.6 Å². The molecule has 0 aliphatic carbocycles. The van der Waals surface area contributed by atoms with Crippen LogP contribution in [0.5, 0.6) is 0 Å². The summed E-state index contributed by atoms with van der Waals surface area (Å²) >= 11 is 0. The van der Waals surface area contributed by atoms with Gasteiger partial charge in [-0.15, -0.1) is 0 Å². The second-order valence-corrected chi connectivity index (χ2v) is 6.55. The Kier molecular flexibility index (Phi) is 10.5. The first-order valence-corrected chi connectivity index (χ1v) is 10.1. The molecule has 1 aromatic carbocycles. The lowest BCUT2D eigenvalue weighted by molar-refractivity contribution is 0.0646. The number of aromatic nitrogens is 1. The summed E-state index contributed by atoms with van der Waals surface area (Å²) in [5.41, 5.74) is 1.21. The lowest BCUT2D eigenvalue weighted by Crippen LogP contribution is -2.38. The van der Waals surface area contributed by atoms with E-state index >= 15 is 0 Å². The highest BCUT2D eigenvalue weighted by Gasteiger charge is 2.04. The van der Waals surface area contributed by atoms with Crippen LogP contribution in [0.2, 0.25) is 0 Å². The fourth-order valence-corrected chi connectivity index (χ4v) is 2.72. The second-order valence-electron chi connectivity index (χ2n) is 6.55. The summed E-state index contributed by atoms with van der Waals surface area (Å²) in [7, 11) is 1.80. The van der Waals surface area contributed by atoms with Crippen LogP contribution in [0.25, 0.3) is 0 Å². The van der Waals surface area contributed by atoms with Crippen LogP contribution in [-0.4, -0.2) is 44.2 Å². The van der Waals surface area contributed by atoms with Gasteiger partial charge in [0.25, 0.3) is 0 Å². The molecular formula is C22H33N5O. The first-order chi connectivity index (χ1) is 13.8. The van der Waals surface area contributed by atoms with Crippen molar-refractivity contribution in [2.45, 2.75) is 32.3 Å². The third-order valence-electron chi connectivity index (χ3n) is 4.34. The van der Waals surface area contributed by atoms with Gasteiger partial charge < -0.3 is 20.7 Å². The fraction of sp³-hybridized carbons (Fsp3) is 0.455. The van der Waals surface area contributed by atoms with Gasteiger partial charge in [0.15, 0.2) is 5.96 Å². The summed E-state index contributed by atoms with van der Waals surface area (Å²) in [5.74, 6) is 1.77.